The van der Waals surface area contributed by atoms with Crippen LogP contribution >= 0.6 is 0 Å². The van der Waals surface area contributed by atoms with Crippen molar-refractivity contribution in [3.8, 4) is 5.75 Å². The zero-order valence-electron chi connectivity index (χ0n) is 8.53. The SMILES string of the molecule is O=C[B]NCc1ccc2c(c1)CCCO2. The third-order valence-electron chi connectivity index (χ3n) is 2.46. The lowest BCUT2D eigenvalue weighted by Crippen LogP contribution is -2.20. The van der Waals surface area contributed by atoms with Crippen LogP contribution in [0.5, 0.6) is 5.75 Å². The van der Waals surface area contributed by atoms with Crippen molar-refractivity contribution in [3.05, 3.63) is 29.3 Å². The second-order valence-corrected chi connectivity index (χ2v) is 3.58. The monoisotopic (exact) mass is 202 g/mol. The van der Waals surface area contributed by atoms with E-state index in [1.54, 1.807) is 0 Å². The highest BCUT2D eigenvalue weighted by Crippen LogP contribution is 2.25. The first-order chi connectivity index (χ1) is 7.40. The molecule has 0 spiro atoms. The molecule has 4 heteroatoms. The fraction of sp³-hybridized carbons (Fsp3) is 0.364. The summed E-state index contributed by atoms with van der Waals surface area (Å²) in [4.78, 5) is 10.1. The standard InChI is InChI=1S/C11H13BNO2/c14-8-12-13-7-9-3-4-11-10(6-9)2-1-5-15-11/h3-4,6,8,13H,1-2,5,7H2. The molecule has 1 aliphatic rings. The summed E-state index contributed by atoms with van der Waals surface area (Å²) in [6.07, 6.45) is 2.92. The van der Waals surface area contributed by atoms with Crippen LogP contribution in [0, 0.1) is 0 Å². The second kappa shape index (κ2) is 4.98. The Morgan fingerprint density at radius 2 is 2.47 bits per heavy atom. The van der Waals surface area contributed by atoms with Gasteiger partial charge in [-0.3, -0.25) is 0 Å². The molecule has 1 N–H and O–H groups in total. The number of fused-ring (bicyclic) bond motifs is 1. The number of ether oxygens (including phenoxy) is 1. The van der Waals surface area contributed by atoms with E-state index in [-0.39, 0.29) is 0 Å². The number of hydrogen-bond donors (Lipinski definition) is 1. The first-order valence-corrected chi connectivity index (χ1v) is 5.15. The molecule has 0 saturated carbocycles. The van der Waals surface area contributed by atoms with Crippen molar-refractivity contribution in [1.29, 1.82) is 0 Å². The summed E-state index contributed by atoms with van der Waals surface area (Å²) in [6.45, 7) is 1.51. The van der Waals surface area contributed by atoms with Crippen LogP contribution in [0.15, 0.2) is 18.2 Å². The molecule has 0 aromatic heterocycles. The molecule has 0 bridgehead atoms. The van der Waals surface area contributed by atoms with Crippen LogP contribution in [0.1, 0.15) is 17.5 Å². The zero-order chi connectivity index (χ0) is 10.5. The molecule has 0 fully saturated rings. The summed E-state index contributed by atoms with van der Waals surface area (Å²) in [5.74, 6) is 1.00. The number of aryl methyl sites for hydroxylation is 1. The Morgan fingerprint density at radius 3 is 3.33 bits per heavy atom. The Balaban J connectivity index is 2.03. The van der Waals surface area contributed by atoms with E-state index in [1.165, 1.54) is 18.5 Å². The lowest BCUT2D eigenvalue weighted by Gasteiger charge is -2.17. The highest BCUT2D eigenvalue weighted by Gasteiger charge is 2.09. The third-order valence-corrected chi connectivity index (χ3v) is 2.46. The molecule has 1 aromatic carbocycles. The molecule has 1 aromatic rings. The summed E-state index contributed by atoms with van der Waals surface area (Å²) in [7, 11) is 1.41. The van der Waals surface area contributed by atoms with E-state index in [1.807, 2.05) is 12.1 Å². The molecule has 0 amide bonds. The second-order valence-electron chi connectivity index (χ2n) is 3.58. The van der Waals surface area contributed by atoms with Gasteiger partial charge in [-0.05, 0) is 30.0 Å². The van der Waals surface area contributed by atoms with Crippen LogP contribution in [-0.2, 0) is 17.8 Å². The molecule has 0 unspecified atom stereocenters. The molecule has 0 saturated heterocycles. The highest BCUT2D eigenvalue weighted by atomic mass is 16.5. The molecule has 1 heterocycles. The number of carbonyl (C=O) groups excluding carboxylic acids is 1. The van der Waals surface area contributed by atoms with Crippen LogP contribution < -0.4 is 9.96 Å². The smallest absolute Gasteiger partial charge is 0.290 e. The van der Waals surface area contributed by atoms with Crippen LogP contribution in [-0.4, -0.2) is 20.2 Å². The number of benzene rings is 1. The minimum absolute atomic E-state index is 0.687. The van der Waals surface area contributed by atoms with Crippen LogP contribution in [0.4, 0.5) is 0 Å². The quantitative estimate of drug-likeness (QED) is 0.448. The molecular weight excluding hydrogens is 189 g/mol. The number of carbonyl (C=O) groups is 1. The van der Waals surface area contributed by atoms with Gasteiger partial charge in [0.15, 0.2) is 0 Å². The van der Waals surface area contributed by atoms with Gasteiger partial charge in [-0.1, -0.05) is 12.1 Å². The number of hydrogen-bond acceptors (Lipinski definition) is 3. The van der Waals surface area contributed by atoms with Crippen molar-refractivity contribution in [1.82, 2.24) is 5.23 Å². The van der Waals surface area contributed by atoms with Gasteiger partial charge in [-0.25, -0.2) is 0 Å². The summed E-state index contributed by atoms with van der Waals surface area (Å²) >= 11 is 0. The fourth-order valence-corrected chi connectivity index (χ4v) is 1.75. The van der Waals surface area contributed by atoms with Gasteiger partial charge >= 0.3 is 0 Å². The molecular formula is C11H13BNO2. The van der Waals surface area contributed by atoms with E-state index in [4.69, 9.17) is 4.74 Å². The van der Waals surface area contributed by atoms with Crippen molar-refractivity contribution in [2.45, 2.75) is 19.4 Å². The largest absolute Gasteiger partial charge is 0.493 e. The van der Waals surface area contributed by atoms with Crippen molar-refractivity contribution >= 4 is 13.6 Å². The van der Waals surface area contributed by atoms with E-state index in [2.05, 4.69) is 11.3 Å². The Bertz CT molecular complexity index is 354. The van der Waals surface area contributed by atoms with E-state index in [0.717, 1.165) is 31.4 Å². The zero-order valence-corrected chi connectivity index (χ0v) is 8.53. The molecule has 15 heavy (non-hydrogen) atoms. The summed E-state index contributed by atoms with van der Waals surface area (Å²) in [6, 6.07) is 6.17. The number of nitrogens with one attached hydrogen (secondary N) is 1. The average Bonchev–Trinajstić information content (AvgIpc) is 2.29. The van der Waals surface area contributed by atoms with Gasteiger partial charge in [-0.15, -0.1) is 0 Å². The highest BCUT2D eigenvalue weighted by molar-refractivity contribution is 6.64. The van der Waals surface area contributed by atoms with Gasteiger partial charge in [-0.2, -0.15) is 0 Å². The molecule has 0 atom stereocenters. The first-order valence-electron chi connectivity index (χ1n) is 5.15. The van der Waals surface area contributed by atoms with Gasteiger partial charge in [0.05, 0.1) is 12.8 Å². The number of rotatable bonds is 4. The van der Waals surface area contributed by atoms with Crippen molar-refractivity contribution < 1.29 is 9.53 Å². The predicted octanol–water partition coefficient (Wildman–Crippen LogP) is 0.911. The van der Waals surface area contributed by atoms with Crippen molar-refractivity contribution in [3.63, 3.8) is 0 Å². The normalized spacial score (nSPS) is 13.9. The molecule has 0 aliphatic carbocycles. The van der Waals surface area contributed by atoms with Gasteiger partial charge in [0.2, 0.25) is 0 Å². The minimum atomic E-state index is 0.687. The topological polar surface area (TPSA) is 38.3 Å². The molecule has 77 valence electrons. The summed E-state index contributed by atoms with van der Waals surface area (Å²) < 4.78 is 5.52. The van der Waals surface area contributed by atoms with E-state index < -0.39 is 0 Å². The maximum Gasteiger partial charge on any atom is 0.290 e. The first kappa shape index (κ1) is 10.2. The molecule has 3 nitrogen and oxygen atoms in total. The van der Waals surface area contributed by atoms with Gasteiger partial charge in [0, 0.05) is 6.54 Å². The molecule has 2 rings (SSSR count). The van der Waals surface area contributed by atoms with E-state index in [0.29, 0.717) is 6.54 Å². The Morgan fingerprint density at radius 1 is 1.53 bits per heavy atom. The van der Waals surface area contributed by atoms with Crippen LogP contribution in [0.3, 0.4) is 0 Å². The van der Waals surface area contributed by atoms with Crippen LogP contribution in [0.25, 0.3) is 0 Å². The minimum Gasteiger partial charge on any atom is -0.493 e. The third kappa shape index (κ3) is 2.60. The van der Waals surface area contributed by atoms with Crippen molar-refractivity contribution in [2.75, 3.05) is 6.61 Å². The van der Waals surface area contributed by atoms with Gasteiger partial charge < -0.3 is 14.8 Å². The Kier molecular flexibility index (Phi) is 3.40. The predicted molar refractivity (Wildman–Crippen MR) is 59.6 cm³/mol. The molecule has 1 aliphatic heterocycles. The summed E-state index contributed by atoms with van der Waals surface area (Å²) in [5.41, 5.74) is 2.45. The van der Waals surface area contributed by atoms with E-state index >= 15 is 0 Å². The van der Waals surface area contributed by atoms with Gasteiger partial charge in [0.25, 0.3) is 7.41 Å². The molecule has 1 radical (unpaired) electrons. The lowest BCUT2D eigenvalue weighted by molar-refractivity contribution is 0.288. The summed E-state index contributed by atoms with van der Waals surface area (Å²) in [5, 5.41) is 2.92. The fourth-order valence-electron chi connectivity index (χ4n) is 1.75. The van der Waals surface area contributed by atoms with Gasteiger partial charge in [0.1, 0.15) is 5.75 Å². The van der Waals surface area contributed by atoms with E-state index in [9.17, 15) is 4.79 Å². The average molecular weight is 202 g/mol. The maximum absolute atomic E-state index is 10.1. The Hall–Kier alpha value is -1.29. The lowest BCUT2D eigenvalue weighted by atomic mass is 9.97. The van der Waals surface area contributed by atoms with Crippen molar-refractivity contribution in [2.24, 2.45) is 0 Å². The Labute approximate surface area is 90.1 Å². The van der Waals surface area contributed by atoms with Crippen LogP contribution in [0.2, 0.25) is 0 Å². The maximum atomic E-state index is 10.1.